The van der Waals surface area contributed by atoms with E-state index in [1.807, 2.05) is 47.0 Å². The molecule has 3 atom stereocenters. The van der Waals surface area contributed by atoms with E-state index in [1.54, 1.807) is 0 Å². The summed E-state index contributed by atoms with van der Waals surface area (Å²) in [6.45, 7) is 10.2. The Balaban J connectivity index is 1.80. The van der Waals surface area contributed by atoms with Crippen molar-refractivity contribution in [3.8, 4) is 0 Å². The topological polar surface area (TPSA) is 66.0 Å². The molecule has 0 spiro atoms. The molecule has 0 fully saturated rings. The van der Waals surface area contributed by atoms with Gasteiger partial charge >= 0.3 is 0 Å². The Labute approximate surface area is 213 Å². The van der Waals surface area contributed by atoms with Crippen molar-refractivity contribution in [1.82, 2.24) is 15.5 Å². The highest BCUT2D eigenvalue weighted by Gasteiger charge is 2.24. The van der Waals surface area contributed by atoms with Crippen LogP contribution < -0.4 is 10.6 Å². The van der Waals surface area contributed by atoms with E-state index in [-0.39, 0.29) is 11.5 Å². The van der Waals surface area contributed by atoms with Gasteiger partial charge in [-0.25, -0.2) is 4.99 Å². The van der Waals surface area contributed by atoms with E-state index >= 15 is 0 Å². The summed E-state index contributed by atoms with van der Waals surface area (Å²) in [5.41, 5.74) is 6.15. The molecule has 35 heavy (non-hydrogen) atoms. The van der Waals surface area contributed by atoms with Gasteiger partial charge in [-0.05, 0) is 56.8 Å². The summed E-state index contributed by atoms with van der Waals surface area (Å²) in [5, 5.41) is 6.60. The minimum Gasteiger partial charge on any atom is -0.371 e. The van der Waals surface area contributed by atoms with Gasteiger partial charge in [-0.15, -0.1) is 0 Å². The zero-order valence-corrected chi connectivity index (χ0v) is 22.9. The van der Waals surface area contributed by atoms with Crippen LogP contribution in [0.15, 0.2) is 75.4 Å². The average molecular weight is 497 g/mol. The van der Waals surface area contributed by atoms with E-state index in [9.17, 15) is 4.21 Å². The minimum atomic E-state index is -1.01. The summed E-state index contributed by atoms with van der Waals surface area (Å²) in [4.78, 5) is 8.16. The molecule has 3 unspecified atom stereocenters. The highest BCUT2D eigenvalue weighted by molar-refractivity contribution is 7.85. The number of nitrogens with one attached hydrogen (secondary N) is 2. The molecule has 7 heteroatoms. The van der Waals surface area contributed by atoms with Gasteiger partial charge < -0.3 is 15.0 Å². The minimum absolute atomic E-state index is 0.0894. The fourth-order valence-corrected chi connectivity index (χ4v) is 5.23. The third-order valence-electron chi connectivity index (χ3n) is 6.33. The molecule has 1 heterocycles. The number of rotatable bonds is 10. The van der Waals surface area contributed by atoms with Crippen LogP contribution in [0.2, 0.25) is 0 Å². The number of benzene rings is 1. The van der Waals surface area contributed by atoms with E-state index in [4.69, 9.17) is 9.73 Å². The van der Waals surface area contributed by atoms with Gasteiger partial charge in [0.2, 0.25) is 0 Å². The van der Waals surface area contributed by atoms with Crippen LogP contribution in [-0.2, 0) is 15.5 Å². The summed E-state index contributed by atoms with van der Waals surface area (Å²) >= 11 is 0. The second kappa shape index (κ2) is 12.6. The van der Waals surface area contributed by atoms with Gasteiger partial charge in [0, 0.05) is 35.4 Å². The SMILES string of the molecule is CNCC1C=CC=C(COC(NC)C2=C(C)N(C)CC(c3ccc(S(=O)C(C)C)c(C)c3)=N2)C=C1. The van der Waals surface area contributed by atoms with Crippen molar-refractivity contribution in [1.29, 1.82) is 0 Å². The Morgan fingerprint density at radius 2 is 2.00 bits per heavy atom. The molecule has 190 valence electrons. The first-order valence-electron chi connectivity index (χ1n) is 12.2. The number of hydrogen-bond acceptors (Lipinski definition) is 6. The number of ether oxygens (including phenoxy) is 1. The highest BCUT2D eigenvalue weighted by Crippen LogP contribution is 2.25. The Morgan fingerprint density at radius 3 is 2.66 bits per heavy atom. The monoisotopic (exact) mass is 496 g/mol. The van der Waals surface area contributed by atoms with E-state index in [2.05, 4.69) is 66.0 Å². The molecule has 0 aromatic heterocycles. The van der Waals surface area contributed by atoms with Crippen molar-refractivity contribution in [2.45, 2.75) is 44.1 Å². The zero-order chi connectivity index (χ0) is 25.5. The molecule has 0 radical (unpaired) electrons. The fourth-order valence-electron chi connectivity index (χ4n) is 4.15. The number of nitrogens with zero attached hydrogens (tertiary/aromatic N) is 2. The van der Waals surface area contributed by atoms with Crippen molar-refractivity contribution in [3.63, 3.8) is 0 Å². The molecule has 2 aliphatic rings. The van der Waals surface area contributed by atoms with Crippen LogP contribution in [-0.4, -0.2) is 67.1 Å². The molecule has 0 saturated heterocycles. The van der Waals surface area contributed by atoms with Crippen molar-refractivity contribution in [2.24, 2.45) is 10.9 Å². The molecule has 0 saturated carbocycles. The summed E-state index contributed by atoms with van der Waals surface area (Å²) in [6, 6.07) is 6.13. The van der Waals surface area contributed by atoms with E-state index in [1.165, 1.54) is 0 Å². The molecule has 3 rings (SSSR count). The normalized spacial score (nSPS) is 20.1. The van der Waals surface area contributed by atoms with E-state index in [0.29, 0.717) is 19.1 Å². The quantitative estimate of drug-likeness (QED) is 0.481. The first-order chi connectivity index (χ1) is 16.7. The van der Waals surface area contributed by atoms with E-state index < -0.39 is 10.8 Å². The second-order valence-electron chi connectivity index (χ2n) is 9.40. The van der Waals surface area contributed by atoms with Crippen LogP contribution >= 0.6 is 0 Å². The van der Waals surface area contributed by atoms with Crippen LogP contribution in [0.5, 0.6) is 0 Å². The Bertz CT molecular complexity index is 1080. The van der Waals surface area contributed by atoms with Crippen molar-refractivity contribution in [3.05, 3.63) is 76.7 Å². The first kappa shape index (κ1) is 27.3. The number of likely N-dealkylation sites (N-methyl/N-ethyl adjacent to an activating group) is 2. The predicted octanol–water partition coefficient (Wildman–Crippen LogP) is 3.93. The lowest BCUT2D eigenvalue weighted by molar-refractivity contribution is 0.0745. The molecule has 2 N–H and O–H groups in total. The third kappa shape index (κ3) is 6.88. The summed E-state index contributed by atoms with van der Waals surface area (Å²) in [7, 11) is 4.94. The number of aryl methyl sites for hydroxylation is 1. The number of hydrogen-bond donors (Lipinski definition) is 2. The highest BCUT2D eigenvalue weighted by atomic mass is 32.2. The number of aliphatic imine (C=N–C) groups is 1. The van der Waals surface area contributed by atoms with E-state index in [0.717, 1.165) is 45.2 Å². The van der Waals surface area contributed by atoms with Gasteiger partial charge in [-0.2, -0.15) is 0 Å². The lowest BCUT2D eigenvalue weighted by Gasteiger charge is -2.31. The maximum Gasteiger partial charge on any atom is 0.153 e. The van der Waals surface area contributed by atoms with Crippen molar-refractivity contribution >= 4 is 16.5 Å². The van der Waals surface area contributed by atoms with Gasteiger partial charge in [0.15, 0.2) is 6.23 Å². The Morgan fingerprint density at radius 1 is 1.23 bits per heavy atom. The van der Waals surface area contributed by atoms with Crippen LogP contribution in [0, 0.1) is 12.8 Å². The van der Waals surface area contributed by atoms with Crippen molar-refractivity contribution < 1.29 is 8.95 Å². The number of allylic oxidation sites excluding steroid dienone is 3. The summed E-state index contributed by atoms with van der Waals surface area (Å²) in [5.74, 6) is 0.380. The van der Waals surface area contributed by atoms with Crippen LogP contribution in [0.4, 0.5) is 0 Å². The Hall–Kier alpha value is -2.32. The Kier molecular flexibility index (Phi) is 9.80. The molecule has 0 amide bonds. The molecule has 1 aromatic rings. The van der Waals surface area contributed by atoms with Crippen LogP contribution in [0.25, 0.3) is 0 Å². The van der Waals surface area contributed by atoms with Gasteiger partial charge in [0.1, 0.15) is 5.70 Å². The lowest BCUT2D eigenvalue weighted by Crippen LogP contribution is -2.38. The molecule has 1 aliphatic carbocycles. The van der Waals surface area contributed by atoms with Gasteiger partial charge in [0.05, 0.1) is 29.7 Å². The van der Waals surface area contributed by atoms with Gasteiger partial charge in [0.25, 0.3) is 0 Å². The predicted molar refractivity (Wildman–Crippen MR) is 147 cm³/mol. The molecule has 0 bridgehead atoms. The summed E-state index contributed by atoms with van der Waals surface area (Å²) in [6.07, 6.45) is 10.4. The maximum absolute atomic E-state index is 12.6. The molecule has 1 aliphatic heterocycles. The molecule has 6 nitrogen and oxygen atoms in total. The fraction of sp³-hybridized carbons (Fsp3) is 0.464. The van der Waals surface area contributed by atoms with Gasteiger partial charge in [-0.1, -0.05) is 50.3 Å². The zero-order valence-electron chi connectivity index (χ0n) is 22.1. The molecular weight excluding hydrogens is 456 g/mol. The largest absolute Gasteiger partial charge is 0.371 e. The molecular formula is C28H40N4O2S. The second-order valence-corrected chi connectivity index (χ2v) is 11.4. The van der Waals surface area contributed by atoms with Crippen LogP contribution in [0.1, 0.15) is 31.9 Å². The van der Waals surface area contributed by atoms with Crippen molar-refractivity contribution in [2.75, 3.05) is 40.8 Å². The smallest absolute Gasteiger partial charge is 0.153 e. The van der Waals surface area contributed by atoms with Gasteiger partial charge in [-0.3, -0.25) is 9.53 Å². The van der Waals surface area contributed by atoms with Crippen LogP contribution in [0.3, 0.4) is 0 Å². The standard InChI is InChI=1S/C28H40N4O2S/c1-19(2)35(33)26-14-13-24(15-20(26)3)25-17-32(7)21(4)27(31-25)28(30-6)34-18-23-10-8-9-22(11-12-23)16-29-5/h8-15,19,22,28-30H,16-18H2,1-7H3. The molecule has 1 aromatic carbocycles. The maximum atomic E-state index is 12.6. The lowest BCUT2D eigenvalue weighted by atomic mass is 10.0. The third-order valence-corrected chi connectivity index (χ3v) is 8.08. The first-order valence-corrected chi connectivity index (χ1v) is 13.5. The average Bonchev–Trinajstić information content (AvgIpc) is 3.06. The summed E-state index contributed by atoms with van der Waals surface area (Å²) < 4.78 is 18.9.